The Hall–Kier alpha value is -2.03. The summed E-state index contributed by atoms with van der Waals surface area (Å²) in [7, 11) is 0. The normalized spacial score (nSPS) is 14.5. The second kappa shape index (κ2) is 11.6. The molecule has 7 heteroatoms. The summed E-state index contributed by atoms with van der Waals surface area (Å²) >= 11 is 0. The number of benzene rings is 1. The van der Waals surface area contributed by atoms with Crippen LogP contribution in [-0.2, 0) is 0 Å². The van der Waals surface area contributed by atoms with Gasteiger partial charge in [0.05, 0.1) is 12.7 Å². The highest BCUT2D eigenvalue weighted by Gasteiger charge is 2.19. The number of guanidine groups is 1. The van der Waals surface area contributed by atoms with Gasteiger partial charge >= 0.3 is 0 Å². The standard InChI is InChI=1S/C20H27N5O.HI/c1-2-22-20(23-11-16-26-19-9-6-10-21-17-19)25-14-12-24(13-15-25)18-7-4-3-5-8-18;/h3-10,17H,2,11-16H2,1H3,(H,22,23);1H. The van der Waals surface area contributed by atoms with Crippen LogP contribution in [0.3, 0.4) is 0 Å². The minimum atomic E-state index is 0. The molecule has 1 N–H and O–H groups in total. The number of aliphatic imine (C=N–C) groups is 1. The topological polar surface area (TPSA) is 53.0 Å². The van der Waals surface area contributed by atoms with Crippen molar-refractivity contribution < 1.29 is 4.74 Å². The van der Waals surface area contributed by atoms with Crippen molar-refractivity contribution in [2.45, 2.75) is 6.92 Å². The highest BCUT2D eigenvalue weighted by atomic mass is 127. The number of anilines is 1. The van der Waals surface area contributed by atoms with E-state index in [-0.39, 0.29) is 24.0 Å². The van der Waals surface area contributed by atoms with Crippen LogP contribution in [0.1, 0.15) is 6.92 Å². The zero-order chi connectivity index (χ0) is 18.0. The summed E-state index contributed by atoms with van der Waals surface area (Å²) in [6.07, 6.45) is 3.46. The number of nitrogens with one attached hydrogen (secondary N) is 1. The zero-order valence-corrected chi connectivity index (χ0v) is 18.1. The smallest absolute Gasteiger partial charge is 0.194 e. The third-order valence-corrected chi connectivity index (χ3v) is 4.29. The van der Waals surface area contributed by atoms with Gasteiger partial charge in [0.1, 0.15) is 12.4 Å². The Morgan fingerprint density at radius 2 is 1.89 bits per heavy atom. The maximum atomic E-state index is 5.67. The average Bonchev–Trinajstić information content (AvgIpc) is 2.72. The van der Waals surface area contributed by atoms with E-state index in [1.165, 1.54) is 5.69 Å². The summed E-state index contributed by atoms with van der Waals surface area (Å²) in [5, 5.41) is 3.40. The van der Waals surface area contributed by atoms with E-state index in [0.717, 1.165) is 44.4 Å². The van der Waals surface area contributed by atoms with Gasteiger partial charge in [-0.2, -0.15) is 0 Å². The summed E-state index contributed by atoms with van der Waals surface area (Å²) in [6.45, 7) is 8.05. The highest BCUT2D eigenvalue weighted by molar-refractivity contribution is 14.0. The quantitative estimate of drug-likeness (QED) is 0.298. The largest absolute Gasteiger partial charge is 0.490 e. The molecule has 0 bridgehead atoms. The predicted molar refractivity (Wildman–Crippen MR) is 121 cm³/mol. The van der Waals surface area contributed by atoms with Gasteiger partial charge < -0.3 is 19.9 Å². The summed E-state index contributed by atoms with van der Waals surface area (Å²) in [6, 6.07) is 14.4. The van der Waals surface area contributed by atoms with E-state index in [1.807, 2.05) is 12.1 Å². The molecule has 0 amide bonds. The molecule has 0 radical (unpaired) electrons. The van der Waals surface area contributed by atoms with E-state index in [4.69, 9.17) is 9.73 Å². The van der Waals surface area contributed by atoms with E-state index in [1.54, 1.807) is 12.4 Å². The molecule has 0 unspecified atom stereocenters. The maximum Gasteiger partial charge on any atom is 0.194 e. The third-order valence-electron chi connectivity index (χ3n) is 4.29. The minimum Gasteiger partial charge on any atom is -0.490 e. The van der Waals surface area contributed by atoms with Gasteiger partial charge in [-0.25, -0.2) is 4.99 Å². The van der Waals surface area contributed by atoms with Gasteiger partial charge in [-0.1, -0.05) is 18.2 Å². The molecule has 0 spiro atoms. The Morgan fingerprint density at radius 3 is 2.56 bits per heavy atom. The number of ether oxygens (including phenoxy) is 1. The summed E-state index contributed by atoms with van der Waals surface area (Å²) < 4.78 is 5.67. The Kier molecular flexibility index (Phi) is 9.17. The van der Waals surface area contributed by atoms with E-state index in [9.17, 15) is 0 Å². The first kappa shape index (κ1) is 21.3. The van der Waals surface area contributed by atoms with Crippen molar-refractivity contribution in [1.82, 2.24) is 15.2 Å². The van der Waals surface area contributed by atoms with Crippen LogP contribution in [0.2, 0.25) is 0 Å². The lowest BCUT2D eigenvalue weighted by Crippen LogP contribution is -2.52. The van der Waals surface area contributed by atoms with Crippen LogP contribution < -0.4 is 15.0 Å². The van der Waals surface area contributed by atoms with Crippen molar-refractivity contribution in [3.8, 4) is 5.75 Å². The Labute approximate surface area is 178 Å². The number of nitrogens with zero attached hydrogens (tertiary/aromatic N) is 4. The first-order valence-corrected chi connectivity index (χ1v) is 9.23. The molecular weight excluding hydrogens is 453 g/mol. The highest BCUT2D eigenvalue weighted by Crippen LogP contribution is 2.15. The third kappa shape index (κ3) is 6.57. The minimum absolute atomic E-state index is 0. The fraction of sp³-hybridized carbons (Fsp3) is 0.400. The molecule has 2 aromatic rings. The lowest BCUT2D eigenvalue weighted by molar-refractivity contribution is 0.324. The number of aromatic nitrogens is 1. The average molecular weight is 481 g/mol. The summed E-state index contributed by atoms with van der Waals surface area (Å²) in [5.74, 6) is 1.75. The number of rotatable bonds is 6. The number of piperazine rings is 1. The van der Waals surface area contributed by atoms with Crippen molar-refractivity contribution in [3.63, 3.8) is 0 Å². The lowest BCUT2D eigenvalue weighted by atomic mass is 10.2. The molecular formula is C20H28IN5O. The number of hydrogen-bond acceptors (Lipinski definition) is 4. The monoisotopic (exact) mass is 481 g/mol. The van der Waals surface area contributed by atoms with Crippen LogP contribution in [-0.4, -0.2) is 61.7 Å². The van der Waals surface area contributed by atoms with Gasteiger partial charge in [0, 0.05) is 44.6 Å². The number of hydrogen-bond donors (Lipinski definition) is 1. The van der Waals surface area contributed by atoms with Crippen LogP contribution in [0.25, 0.3) is 0 Å². The molecule has 0 atom stereocenters. The van der Waals surface area contributed by atoms with Crippen LogP contribution in [0.15, 0.2) is 59.9 Å². The van der Waals surface area contributed by atoms with Gasteiger partial charge in [-0.15, -0.1) is 24.0 Å². The van der Waals surface area contributed by atoms with Crippen LogP contribution in [0.5, 0.6) is 5.75 Å². The number of halogens is 1. The van der Waals surface area contributed by atoms with Gasteiger partial charge in [0.15, 0.2) is 5.96 Å². The lowest BCUT2D eigenvalue weighted by Gasteiger charge is -2.37. The second-order valence-electron chi connectivity index (χ2n) is 6.08. The molecule has 1 aromatic heterocycles. The Balaban J connectivity index is 0.00000261. The van der Waals surface area contributed by atoms with Gasteiger partial charge in [-0.05, 0) is 31.2 Å². The van der Waals surface area contributed by atoms with E-state index in [0.29, 0.717) is 13.2 Å². The van der Waals surface area contributed by atoms with Crippen LogP contribution >= 0.6 is 24.0 Å². The number of para-hydroxylation sites is 1. The van der Waals surface area contributed by atoms with Crippen molar-refractivity contribution in [2.24, 2.45) is 4.99 Å². The van der Waals surface area contributed by atoms with Crippen molar-refractivity contribution in [2.75, 3.05) is 50.8 Å². The SMILES string of the molecule is CCNC(=NCCOc1cccnc1)N1CCN(c2ccccc2)CC1.I. The Morgan fingerprint density at radius 1 is 1.11 bits per heavy atom. The molecule has 1 aliphatic heterocycles. The fourth-order valence-electron chi connectivity index (χ4n) is 2.99. The molecule has 146 valence electrons. The first-order chi connectivity index (χ1) is 12.9. The summed E-state index contributed by atoms with van der Waals surface area (Å²) in [5.41, 5.74) is 1.29. The molecule has 1 aliphatic rings. The fourth-order valence-corrected chi connectivity index (χ4v) is 2.99. The van der Waals surface area contributed by atoms with Crippen molar-refractivity contribution >= 4 is 35.6 Å². The molecule has 27 heavy (non-hydrogen) atoms. The number of pyridine rings is 1. The predicted octanol–water partition coefficient (Wildman–Crippen LogP) is 2.87. The van der Waals surface area contributed by atoms with E-state index in [2.05, 4.69) is 57.4 Å². The van der Waals surface area contributed by atoms with E-state index < -0.39 is 0 Å². The Bertz CT molecular complexity index is 675. The van der Waals surface area contributed by atoms with Crippen LogP contribution in [0, 0.1) is 0 Å². The molecule has 2 heterocycles. The molecule has 1 fully saturated rings. The van der Waals surface area contributed by atoms with Gasteiger partial charge in [-0.3, -0.25) is 4.98 Å². The molecule has 0 saturated carbocycles. The van der Waals surface area contributed by atoms with Gasteiger partial charge in [0.2, 0.25) is 0 Å². The molecule has 6 nitrogen and oxygen atoms in total. The van der Waals surface area contributed by atoms with Crippen LogP contribution in [0.4, 0.5) is 5.69 Å². The van der Waals surface area contributed by atoms with Gasteiger partial charge in [0.25, 0.3) is 0 Å². The molecule has 3 rings (SSSR count). The maximum absolute atomic E-state index is 5.67. The van der Waals surface area contributed by atoms with Crippen molar-refractivity contribution in [3.05, 3.63) is 54.9 Å². The zero-order valence-electron chi connectivity index (χ0n) is 15.8. The first-order valence-electron chi connectivity index (χ1n) is 9.23. The second-order valence-corrected chi connectivity index (χ2v) is 6.08. The van der Waals surface area contributed by atoms with Crippen molar-refractivity contribution in [1.29, 1.82) is 0 Å². The summed E-state index contributed by atoms with van der Waals surface area (Å²) in [4.78, 5) is 13.5. The molecule has 1 aromatic carbocycles. The molecule has 0 aliphatic carbocycles. The van der Waals surface area contributed by atoms with E-state index >= 15 is 0 Å². The molecule has 1 saturated heterocycles.